The van der Waals surface area contributed by atoms with Gasteiger partial charge in [0.15, 0.2) is 0 Å². The van der Waals surface area contributed by atoms with Crippen molar-refractivity contribution in [3.63, 3.8) is 0 Å². The molecule has 1 atom stereocenters. The maximum atomic E-state index is 11.3. The molecule has 0 radical (unpaired) electrons. The van der Waals surface area contributed by atoms with E-state index in [0.717, 1.165) is 99.8 Å². The zero-order valence-electron chi connectivity index (χ0n) is 38.0. The molecule has 0 bridgehead atoms. The third-order valence-corrected chi connectivity index (χ3v) is 14.0. The Kier molecular flexibility index (Phi) is 9.64. The van der Waals surface area contributed by atoms with Gasteiger partial charge < -0.3 is 18.9 Å². The van der Waals surface area contributed by atoms with Crippen molar-refractivity contribution in [2.24, 2.45) is 0 Å². The van der Waals surface area contributed by atoms with E-state index in [9.17, 15) is 10.5 Å². The number of fused-ring (bicyclic) bond motifs is 10. The predicted molar refractivity (Wildman–Crippen MR) is 288 cm³/mol. The summed E-state index contributed by atoms with van der Waals surface area (Å²) in [7, 11) is 0. The summed E-state index contributed by atoms with van der Waals surface area (Å²) in [5.41, 5.74) is 12.8. The number of aromatic nitrogens is 2. The van der Waals surface area contributed by atoms with Gasteiger partial charge in [-0.05, 0) is 131 Å². The lowest BCUT2D eigenvalue weighted by Crippen LogP contribution is -2.33. The van der Waals surface area contributed by atoms with E-state index in [1.165, 1.54) is 5.56 Å². The SMILES string of the molecule is N#Cc1cc(C#N)c(-n2c3c(c4c5ccccc5ccc42)CC(N(c2ccccc2)c2ccccc2)C=C3)c(-n2c3ccc(N(c4ccccc4)c4ccccc4)cc3c3c4ccccc4ccc32)c1. The molecule has 2 heterocycles. The van der Waals surface area contributed by atoms with E-state index < -0.39 is 0 Å². The lowest BCUT2D eigenvalue weighted by Gasteiger charge is -2.34. The Balaban J connectivity index is 1.10. The van der Waals surface area contributed by atoms with Gasteiger partial charge in [-0.1, -0.05) is 140 Å². The van der Waals surface area contributed by atoms with Crippen LogP contribution in [0.5, 0.6) is 0 Å². The highest BCUT2D eigenvalue weighted by molar-refractivity contribution is 6.22. The van der Waals surface area contributed by atoms with Crippen LogP contribution >= 0.6 is 0 Å². The van der Waals surface area contributed by atoms with Crippen LogP contribution < -0.4 is 9.80 Å². The molecular weight excluding hydrogens is 853 g/mol. The van der Waals surface area contributed by atoms with Crippen LogP contribution in [0.25, 0.3) is 71.7 Å². The standard InChI is InChI=1S/C64H42N6/c65-41-43-37-46(42-66)64(70-58-36-32-52(68(49-23-9-3-10-24-49)50-25-11-4-12-26-50)40-56(58)63-54-28-16-14-18-45(54)30-34-60(63)70)61(38-43)69-57-35-31-51(67(47-19-5-1-6-20-47)48-21-7-2-8-22-48)39-55(57)62-53-27-15-13-17-44(53)29-33-59(62)69/h1-39,52H,40H2. The molecule has 6 heteroatoms. The van der Waals surface area contributed by atoms with Gasteiger partial charge in [0.05, 0.1) is 56.9 Å². The van der Waals surface area contributed by atoms with E-state index in [2.05, 4.69) is 243 Å². The first kappa shape index (κ1) is 40.6. The molecule has 0 N–H and O–H groups in total. The van der Waals surface area contributed by atoms with Gasteiger partial charge in [0.1, 0.15) is 6.07 Å². The monoisotopic (exact) mass is 894 g/mol. The van der Waals surface area contributed by atoms with Crippen LogP contribution in [0.3, 0.4) is 0 Å². The molecule has 0 fully saturated rings. The van der Waals surface area contributed by atoms with Crippen LogP contribution in [-0.2, 0) is 6.42 Å². The molecule has 0 amide bonds. The van der Waals surface area contributed by atoms with E-state index in [1.54, 1.807) is 6.07 Å². The first-order valence-electron chi connectivity index (χ1n) is 23.6. The van der Waals surface area contributed by atoms with Crippen molar-refractivity contribution >= 4 is 88.8 Å². The third-order valence-electron chi connectivity index (χ3n) is 14.0. The minimum Gasteiger partial charge on any atom is -0.334 e. The van der Waals surface area contributed by atoms with Crippen molar-refractivity contribution in [3.8, 4) is 23.5 Å². The van der Waals surface area contributed by atoms with Crippen LogP contribution in [-0.4, -0.2) is 15.2 Å². The predicted octanol–water partition coefficient (Wildman–Crippen LogP) is 16.0. The second kappa shape index (κ2) is 16.6. The van der Waals surface area contributed by atoms with Crippen molar-refractivity contribution in [1.82, 2.24) is 9.13 Å². The average Bonchev–Trinajstić information content (AvgIpc) is 3.94. The number of rotatable bonds is 8. The minimum atomic E-state index is -0.0164. The van der Waals surface area contributed by atoms with Crippen LogP contribution in [0, 0.1) is 22.7 Å². The van der Waals surface area contributed by atoms with Crippen LogP contribution in [0.4, 0.5) is 28.4 Å². The van der Waals surface area contributed by atoms with Gasteiger partial charge in [-0.15, -0.1) is 0 Å². The fourth-order valence-electron chi connectivity index (χ4n) is 11.1. The Morgan fingerprint density at radius 3 is 1.56 bits per heavy atom. The smallest absolute Gasteiger partial charge is 0.101 e. The molecule has 2 aromatic heterocycles. The Morgan fingerprint density at radius 1 is 0.443 bits per heavy atom. The van der Waals surface area contributed by atoms with Gasteiger partial charge in [0, 0.05) is 44.6 Å². The average molecular weight is 895 g/mol. The van der Waals surface area contributed by atoms with Crippen LogP contribution in [0.2, 0.25) is 0 Å². The summed E-state index contributed by atoms with van der Waals surface area (Å²) in [5.74, 6) is 0. The van der Waals surface area contributed by atoms with E-state index in [4.69, 9.17) is 0 Å². The molecular formula is C64H42N6. The topological polar surface area (TPSA) is 63.9 Å². The fraction of sp³-hybridized carbons (Fsp3) is 0.0312. The summed E-state index contributed by atoms with van der Waals surface area (Å²) in [4.78, 5) is 4.72. The highest BCUT2D eigenvalue weighted by atomic mass is 15.2. The molecule has 70 heavy (non-hydrogen) atoms. The lowest BCUT2D eigenvalue weighted by molar-refractivity contribution is 0.766. The van der Waals surface area contributed by atoms with Crippen LogP contribution in [0.15, 0.2) is 231 Å². The van der Waals surface area contributed by atoms with Crippen molar-refractivity contribution in [3.05, 3.63) is 253 Å². The second-order valence-corrected chi connectivity index (χ2v) is 17.9. The normalized spacial score (nSPS) is 13.1. The van der Waals surface area contributed by atoms with E-state index >= 15 is 0 Å². The summed E-state index contributed by atoms with van der Waals surface area (Å²) in [6.45, 7) is 0. The summed E-state index contributed by atoms with van der Waals surface area (Å²) < 4.78 is 4.59. The van der Waals surface area contributed by atoms with Gasteiger partial charge in [0.25, 0.3) is 0 Å². The minimum absolute atomic E-state index is 0.0164. The van der Waals surface area contributed by atoms with Gasteiger partial charge in [-0.3, -0.25) is 0 Å². The molecule has 0 aliphatic heterocycles. The fourth-order valence-corrected chi connectivity index (χ4v) is 11.1. The van der Waals surface area contributed by atoms with E-state index in [-0.39, 0.29) is 6.04 Å². The maximum absolute atomic E-state index is 11.3. The highest BCUT2D eigenvalue weighted by Gasteiger charge is 2.31. The van der Waals surface area contributed by atoms with Gasteiger partial charge in [-0.2, -0.15) is 10.5 Å². The summed E-state index contributed by atoms with van der Waals surface area (Å²) in [5, 5.41) is 29.9. The van der Waals surface area contributed by atoms with Crippen LogP contribution in [0.1, 0.15) is 22.4 Å². The third kappa shape index (κ3) is 6.47. The number of anilines is 5. The summed E-state index contributed by atoms with van der Waals surface area (Å²) in [6.07, 6.45) is 5.28. The number of hydrogen-bond acceptors (Lipinski definition) is 4. The number of hydrogen-bond donors (Lipinski definition) is 0. The quantitative estimate of drug-likeness (QED) is 0.152. The van der Waals surface area contributed by atoms with E-state index in [1.807, 2.05) is 18.2 Å². The zero-order valence-corrected chi connectivity index (χ0v) is 38.0. The maximum Gasteiger partial charge on any atom is 0.101 e. The molecule has 328 valence electrons. The highest BCUT2D eigenvalue weighted by Crippen LogP contribution is 2.46. The molecule has 1 aliphatic rings. The zero-order chi connectivity index (χ0) is 46.7. The van der Waals surface area contributed by atoms with Gasteiger partial charge >= 0.3 is 0 Å². The molecule has 0 saturated carbocycles. The summed E-state index contributed by atoms with van der Waals surface area (Å²) >= 11 is 0. The molecule has 10 aromatic carbocycles. The van der Waals surface area contributed by atoms with Crippen molar-refractivity contribution in [2.75, 3.05) is 9.80 Å². The Morgan fingerprint density at radius 2 is 0.971 bits per heavy atom. The van der Waals surface area contributed by atoms with Crippen molar-refractivity contribution in [2.45, 2.75) is 12.5 Å². The summed E-state index contributed by atoms with van der Waals surface area (Å²) in [6, 6.07) is 83.5. The first-order valence-corrected chi connectivity index (χ1v) is 23.6. The molecule has 6 nitrogen and oxygen atoms in total. The lowest BCUT2D eigenvalue weighted by atomic mass is 9.93. The molecule has 0 saturated heterocycles. The van der Waals surface area contributed by atoms with Crippen molar-refractivity contribution in [1.29, 1.82) is 10.5 Å². The number of para-hydroxylation sites is 4. The largest absolute Gasteiger partial charge is 0.334 e. The first-order chi connectivity index (χ1) is 34.7. The number of benzene rings is 10. The molecule has 0 spiro atoms. The molecule has 1 unspecified atom stereocenters. The molecule has 1 aliphatic carbocycles. The number of nitriles is 2. The van der Waals surface area contributed by atoms with Gasteiger partial charge in [0.2, 0.25) is 0 Å². The Labute approximate surface area is 405 Å². The van der Waals surface area contributed by atoms with E-state index in [0.29, 0.717) is 17.5 Å². The van der Waals surface area contributed by atoms with Gasteiger partial charge in [-0.25, -0.2) is 0 Å². The second-order valence-electron chi connectivity index (χ2n) is 17.9. The Hall–Kier alpha value is -9.62. The van der Waals surface area contributed by atoms with Crippen molar-refractivity contribution < 1.29 is 0 Å². The molecule has 13 rings (SSSR count). The molecule has 12 aromatic rings. The Bertz CT molecular complexity index is 4040. The number of nitrogens with zero attached hydrogens (tertiary/aromatic N) is 6.